The fourth-order valence-electron chi connectivity index (χ4n) is 2.92. The minimum Gasteiger partial charge on any atom is -0.374 e. The van der Waals surface area contributed by atoms with Gasteiger partial charge in [-0.1, -0.05) is 24.6 Å². The summed E-state index contributed by atoms with van der Waals surface area (Å²) in [6.45, 7) is 8.01. The lowest BCUT2D eigenvalue weighted by Crippen LogP contribution is -2.48. The van der Waals surface area contributed by atoms with Crippen LogP contribution in [0.1, 0.15) is 33.1 Å². The Hall–Kier alpha value is -0.883. The first-order chi connectivity index (χ1) is 10.8. The normalized spacial score (nSPS) is 19.8. The quantitative estimate of drug-likeness (QED) is 0.773. The van der Waals surface area contributed by atoms with Crippen molar-refractivity contribution in [1.82, 2.24) is 0 Å². The lowest BCUT2D eigenvalue weighted by Gasteiger charge is -2.32. The molecule has 1 heterocycles. The molecule has 1 aliphatic heterocycles. The Morgan fingerprint density at radius 2 is 1.73 bits per heavy atom. The van der Waals surface area contributed by atoms with Gasteiger partial charge in [0.15, 0.2) is 0 Å². The molecule has 124 valence electrons. The Bertz CT molecular complexity index is 410. The first-order valence-corrected chi connectivity index (χ1v) is 10.4. The minimum atomic E-state index is -2.48. The van der Waals surface area contributed by atoms with E-state index in [4.69, 9.17) is 13.3 Å². The summed E-state index contributed by atoms with van der Waals surface area (Å²) in [5.41, 5.74) is 1.27. The van der Waals surface area contributed by atoms with Gasteiger partial charge in [-0.2, -0.15) is 0 Å². The molecule has 1 aliphatic rings. The summed E-state index contributed by atoms with van der Waals surface area (Å²) in [7, 11) is -2.48. The average molecular weight is 324 g/mol. The Morgan fingerprint density at radius 1 is 1.00 bits per heavy atom. The molecular formula is C17H29NO3Si. The van der Waals surface area contributed by atoms with Gasteiger partial charge in [-0.25, -0.2) is 0 Å². The molecule has 0 bridgehead atoms. The fraction of sp³-hybridized carbons (Fsp3) is 0.647. The topological polar surface area (TPSA) is 30.9 Å². The van der Waals surface area contributed by atoms with Crippen molar-refractivity contribution >= 4 is 14.5 Å². The molecule has 22 heavy (non-hydrogen) atoms. The van der Waals surface area contributed by atoms with Gasteiger partial charge in [0.1, 0.15) is 0 Å². The van der Waals surface area contributed by atoms with Crippen LogP contribution in [0.4, 0.5) is 5.69 Å². The van der Waals surface area contributed by atoms with Gasteiger partial charge >= 0.3 is 8.80 Å². The average Bonchev–Trinajstić information content (AvgIpc) is 2.54. The van der Waals surface area contributed by atoms with Gasteiger partial charge in [0.05, 0.1) is 6.61 Å². The van der Waals surface area contributed by atoms with Crippen molar-refractivity contribution in [3.05, 3.63) is 30.3 Å². The molecule has 1 fully saturated rings. The van der Waals surface area contributed by atoms with Gasteiger partial charge in [-0.05, 0) is 38.8 Å². The first-order valence-electron chi connectivity index (χ1n) is 8.51. The molecule has 0 N–H and O–H groups in total. The van der Waals surface area contributed by atoms with Crippen molar-refractivity contribution in [1.29, 1.82) is 0 Å². The van der Waals surface area contributed by atoms with Crippen molar-refractivity contribution in [2.75, 3.05) is 37.8 Å². The Morgan fingerprint density at radius 3 is 2.41 bits per heavy atom. The van der Waals surface area contributed by atoms with Gasteiger partial charge in [-0.3, -0.25) is 0 Å². The summed E-state index contributed by atoms with van der Waals surface area (Å²) < 4.78 is 18.1. The predicted molar refractivity (Wildman–Crippen MR) is 92.3 cm³/mol. The van der Waals surface area contributed by atoms with Gasteiger partial charge in [0.2, 0.25) is 0 Å². The number of hydrogen-bond acceptors (Lipinski definition) is 4. The van der Waals surface area contributed by atoms with E-state index in [0.717, 1.165) is 25.6 Å². The van der Waals surface area contributed by atoms with E-state index < -0.39 is 8.80 Å². The minimum absolute atomic E-state index is 0.661. The second-order valence-corrected chi connectivity index (χ2v) is 8.26. The second-order valence-electron chi connectivity index (χ2n) is 5.53. The van der Waals surface area contributed by atoms with Gasteiger partial charge in [-0.15, -0.1) is 0 Å². The summed E-state index contributed by atoms with van der Waals surface area (Å²) in [6, 6.07) is 11.5. The van der Waals surface area contributed by atoms with Crippen molar-refractivity contribution in [3.8, 4) is 0 Å². The highest BCUT2D eigenvalue weighted by Crippen LogP contribution is 2.22. The van der Waals surface area contributed by atoms with Crippen LogP contribution in [-0.2, 0) is 13.3 Å². The monoisotopic (exact) mass is 323 g/mol. The van der Waals surface area contributed by atoms with Crippen LogP contribution in [0.5, 0.6) is 0 Å². The van der Waals surface area contributed by atoms with Crippen LogP contribution in [0.3, 0.4) is 0 Å². The second kappa shape index (κ2) is 9.30. The molecule has 1 aromatic rings. The van der Waals surface area contributed by atoms with Crippen LogP contribution < -0.4 is 4.90 Å². The largest absolute Gasteiger partial charge is 0.500 e. The van der Waals surface area contributed by atoms with Gasteiger partial charge in [0, 0.05) is 38.0 Å². The fourth-order valence-corrected chi connectivity index (χ4v) is 5.57. The van der Waals surface area contributed by atoms with E-state index in [1.807, 2.05) is 13.8 Å². The molecule has 0 spiro atoms. The zero-order chi connectivity index (χ0) is 15.7. The zero-order valence-electron chi connectivity index (χ0n) is 13.9. The SMILES string of the molecule is CCO[Si]1(OCC)CCCCCN(c2ccccc2)CCO1. The molecule has 0 unspecified atom stereocenters. The number of para-hydroxylation sites is 1. The van der Waals surface area contributed by atoms with Crippen molar-refractivity contribution in [3.63, 3.8) is 0 Å². The smallest absolute Gasteiger partial charge is 0.374 e. The lowest BCUT2D eigenvalue weighted by atomic mass is 10.2. The zero-order valence-corrected chi connectivity index (χ0v) is 14.9. The number of hydrogen-bond donors (Lipinski definition) is 0. The predicted octanol–water partition coefficient (Wildman–Crippen LogP) is 3.71. The number of benzene rings is 1. The Balaban J connectivity index is 2.02. The van der Waals surface area contributed by atoms with E-state index in [2.05, 4.69) is 35.2 Å². The maximum absolute atomic E-state index is 6.19. The van der Waals surface area contributed by atoms with E-state index in [1.165, 1.54) is 18.5 Å². The summed E-state index contributed by atoms with van der Waals surface area (Å²) in [5, 5.41) is 0. The maximum Gasteiger partial charge on any atom is 0.500 e. The van der Waals surface area contributed by atoms with Crippen molar-refractivity contribution in [2.24, 2.45) is 0 Å². The molecule has 0 aromatic heterocycles. The number of rotatable bonds is 5. The summed E-state index contributed by atoms with van der Waals surface area (Å²) in [4.78, 5) is 2.41. The summed E-state index contributed by atoms with van der Waals surface area (Å²) in [6.07, 6.45) is 3.52. The Kier molecular flexibility index (Phi) is 7.38. The van der Waals surface area contributed by atoms with E-state index in [1.54, 1.807) is 0 Å². The van der Waals surface area contributed by atoms with Crippen LogP contribution in [-0.4, -0.2) is 41.7 Å². The third-order valence-corrected chi connectivity index (χ3v) is 7.01. The lowest BCUT2D eigenvalue weighted by molar-refractivity contribution is 0.0677. The van der Waals surface area contributed by atoms with E-state index >= 15 is 0 Å². The van der Waals surface area contributed by atoms with Crippen molar-refractivity contribution < 1.29 is 13.3 Å². The van der Waals surface area contributed by atoms with Gasteiger partial charge in [0.25, 0.3) is 0 Å². The molecule has 2 rings (SSSR count). The van der Waals surface area contributed by atoms with E-state index in [-0.39, 0.29) is 0 Å². The standard InChI is InChI=1S/C17H29NO3Si/c1-3-19-22(20-4-2)16-10-6-9-13-18(14-15-21-22)17-11-7-5-8-12-17/h5,7-8,11-12H,3-4,6,9-10,13-16H2,1-2H3. The highest BCUT2D eigenvalue weighted by molar-refractivity contribution is 6.60. The third kappa shape index (κ3) is 5.09. The highest BCUT2D eigenvalue weighted by Gasteiger charge is 2.40. The maximum atomic E-state index is 6.19. The number of nitrogens with zero attached hydrogens (tertiary/aromatic N) is 1. The first kappa shape index (κ1) is 17.5. The highest BCUT2D eigenvalue weighted by atomic mass is 28.4. The molecule has 0 amide bonds. The van der Waals surface area contributed by atoms with Crippen LogP contribution in [0.2, 0.25) is 6.04 Å². The molecule has 1 aromatic carbocycles. The van der Waals surface area contributed by atoms with E-state index in [0.29, 0.717) is 19.8 Å². The summed E-state index contributed by atoms with van der Waals surface area (Å²) >= 11 is 0. The van der Waals surface area contributed by atoms with Crippen LogP contribution >= 0.6 is 0 Å². The molecule has 0 radical (unpaired) electrons. The van der Waals surface area contributed by atoms with E-state index in [9.17, 15) is 0 Å². The van der Waals surface area contributed by atoms with Crippen LogP contribution in [0.25, 0.3) is 0 Å². The summed E-state index contributed by atoms with van der Waals surface area (Å²) in [5.74, 6) is 0. The van der Waals surface area contributed by atoms with Gasteiger partial charge < -0.3 is 18.2 Å². The molecule has 0 saturated carbocycles. The van der Waals surface area contributed by atoms with Crippen LogP contribution in [0, 0.1) is 0 Å². The molecule has 1 saturated heterocycles. The molecule has 0 atom stereocenters. The third-order valence-electron chi connectivity index (χ3n) is 3.94. The van der Waals surface area contributed by atoms with Crippen LogP contribution in [0.15, 0.2) is 30.3 Å². The molecule has 5 heteroatoms. The number of anilines is 1. The molecule has 4 nitrogen and oxygen atoms in total. The Labute approximate surface area is 135 Å². The van der Waals surface area contributed by atoms with Crippen molar-refractivity contribution in [2.45, 2.75) is 39.2 Å². The molecular weight excluding hydrogens is 294 g/mol. The molecule has 0 aliphatic carbocycles.